The third-order valence-electron chi connectivity index (χ3n) is 3.53. The third kappa shape index (κ3) is 2.63. The molecule has 0 aliphatic carbocycles. The number of nitrogens with two attached hydrogens (primary N) is 2. The van der Waals surface area contributed by atoms with Crippen LogP contribution in [0.3, 0.4) is 0 Å². The molecular weight excluding hydrogens is 230 g/mol. The van der Waals surface area contributed by atoms with Gasteiger partial charge in [-0.1, -0.05) is 12.1 Å². The summed E-state index contributed by atoms with van der Waals surface area (Å²) in [4.78, 5) is 13.1. The highest BCUT2D eigenvalue weighted by molar-refractivity contribution is 5.70. The number of nitrogens with zero attached hydrogens (tertiary/aromatic N) is 1. The Hall–Kier alpha value is -1.59. The molecule has 0 amide bonds. The lowest BCUT2D eigenvalue weighted by atomic mass is 10.0. The maximum atomic E-state index is 11.0. The molecular formula is C13H19N3O2. The highest BCUT2D eigenvalue weighted by Crippen LogP contribution is 2.28. The van der Waals surface area contributed by atoms with Crippen LogP contribution < -0.4 is 11.5 Å². The summed E-state index contributed by atoms with van der Waals surface area (Å²) in [7, 11) is 0. The van der Waals surface area contributed by atoms with E-state index in [1.54, 1.807) is 0 Å². The zero-order chi connectivity index (χ0) is 13.1. The van der Waals surface area contributed by atoms with Crippen LogP contribution >= 0.6 is 0 Å². The van der Waals surface area contributed by atoms with E-state index < -0.39 is 5.97 Å². The number of anilines is 1. The molecule has 1 heterocycles. The molecule has 1 aliphatic rings. The summed E-state index contributed by atoms with van der Waals surface area (Å²) in [6.07, 6.45) is 0.689. The molecule has 0 spiro atoms. The average molecular weight is 249 g/mol. The highest BCUT2D eigenvalue weighted by Gasteiger charge is 2.32. The van der Waals surface area contributed by atoms with Gasteiger partial charge in [0.2, 0.25) is 0 Å². The zero-order valence-electron chi connectivity index (χ0n) is 10.2. The van der Waals surface area contributed by atoms with Crippen LogP contribution in [0, 0.1) is 5.92 Å². The Kier molecular flexibility index (Phi) is 3.84. The highest BCUT2D eigenvalue weighted by atomic mass is 16.4. The summed E-state index contributed by atoms with van der Waals surface area (Å²) in [6.45, 7) is 1.80. The van der Waals surface area contributed by atoms with Gasteiger partial charge in [-0.05, 0) is 30.7 Å². The van der Waals surface area contributed by atoms with Gasteiger partial charge < -0.3 is 16.6 Å². The monoisotopic (exact) mass is 249 g/mol. The van der Waals surface area contributed by atoms with Crippen molar-refractivity contribution in [1.82, 2.24) is 4.90 Å². The first-order chi connectivity index (χ1) is 8.61. The third-order valence-corrected chi connectivity index (χ3v) is 3.53. The maximum Gasteiger partial charge on any atom is 0.307 e. The number of carboxylic acids is 1. The largest absolute Gasteiger partial charge is 0.481 e. The Morgan fingerprint density at radius 1 is 1.56 bits per heavy atom. The van der Waals surface area contributed by atoms with Gasteiger partial charge in [-0.25, -0.2) is 0 Å². The van der Waals surface area contributed by atoms with Gasteiger partial charge in [0.25, 0.3) is 0 Å². The molecule has 18 heavy (non-hydrogen) atoms. The Morgan fingerprint density at radius 2 is 2.33 bits per heavy atom. The second-order valence-corrected chi connectivity index (χ2v) is 4.74. The predicted octanol–water partition coefficient (Wildman–Crippen LogP) is 0.675. The Bertz CT molecular complexity index is 436. The first-order valence-electron chi connectivity index (χ1n) is 6.14. The molecule has 5 heteroatoms. The predicted molar refractivity (Wildman–Crippen MR) is 70.0 cm³/mol. The van der Waals surface area contributed by atoms with Gasteiger partial charge in [-0.15, -0.1) is 0 Å². The average Bonchev–Trinajstić information content (AvgIpc) is 2.80. The summed E-state index contributed by atoms with van der Waals surface area (Å²) in [6, 6.07) is 7.69. The molecule has 0 bridgehead atoms. The second kappa shape index (κ2) is 5.37. The fraction of sp³-hybridized carbons (Fsp3) is 0.462. The van der Waals surface area contributed by atoms with Crippen molar-refractivity contribution in [1.29, 1.82) is 0 Å². The molecule has 2 rings (SSSR count). The molecule has 2 atom stereocenters. The lowest BCUT2D eigenvalue weighted by Crippen LogP contribution is -2.32. The van der Waals surface area contributed by atoms with Crippen molar-refractivity contribution in [2.75, 3.05) is 25.4 Å². The summed E-state index contributed by atoms with van der Waals surface area (Å²) < 4.78 is 0. The fourth-order valence-electron chi connectivity index (χ4n) is 2.53. The van der Waals surface area contributed by atoms with Crippen molar-refractivity contribution < 1.29 is 9.90 Å². The molecule has 1 aliphatic heterocycles. The van der Waals surface area contributed by atoms with Gasteiger partial charge in [0.05, 0.1) is 5.92 Å². The van der Waals surface area contributed by atoms with Crippen LogP contribution in [0.5, 0.6) is 0 Å². The van der Waals surface area contributed by atoms with Gasteiger partial charge in [0.15, 0.2) is 0 Å². The number of rotatable bonds is 4. The summed E-state index contributed by atoms with van der Waals surface area (Å²) in [5.74, 6) is -0.999. The number of nitrogen functional groups attached to an aromatic ring is 1. The first-order valence-corrected chi connectivity index (χ1v) is 6.14. The van der Waals surface area contributed by atoms with E-state index in [-0.39, 0.29) is 12.0 Å². The van der Waals surface area contributed by atoms with Crippen LogP contribution in [0.25, 0.3) is 0 Å². The van der Waals surface area contributed by atoms with Gasteiger partial charge in [-0.3, -0.25) is 9.69 Å². The van der Waals surface area contributed by atoms with E-state index in [2.05, 4.69) is 4.90 Å². The van der Waals surface area contributed by atoms with E-state index in [0.29, 0.717) is 25.2 Å². The van der Waals surface area contributed by atoms with E-state index in [9.17, 15) is 4.79 Å². The molecule has 98 valence electrons. The van der Waals surface area contributed by atoms with Crippen molar-refractivity contribution in [3.63, 3.8) is 0 Å². The van der Waals surface area contributed by atoms with Crippen molar-refractivity contribution in [2.24, 2.45) is 11.7 Å². The first kappa shape index (κ1) is 12.9. The molecule has 1 aromatic rings. The molecule has 1 saturated heterocycles. The van der Waals surface area contributed by atoms with Crippen LogP contribution in [0.15, 0.2) is 24.3 Å². The maximum absolute atomic E-state index is 11.0. The lowest BCUT2D eigenvalue weighted by molar-refractivity contribution is -0.141. The smallest absolute Gasteiger partial charge is 0.307 e. The van der Waals surface area contributed by atoms with Crippen LogP contribution in [0.4, 0.5) is 5.69 Å². The van der Waals surface area contributed by atoms with Crippen molar-refractivity contribution in [3.8, 4) is 0 Å². The Balaban J connectivity index is 2.13. The van der Waals surface area contributed by atoms with Gasteiger partial charge >= 0.3 is 5.97 Å². The summed E-state index contributed by atoms with van der Waals surface area (Å²) in [5, 5.41) is 9.02. The van der Waals surface area contributed by atoms with Gasteiger partial charge in [-0.2, -0.15) is 0 Å². The number of hydrogen-bond acceptors (Lipinski definition) is 4. The van der Waals surface area contributed by atoms with E-state index in [4.69, 9.17) is 16.6 Å². The standard InChI is InChI=1S/C13H19N3O2/c14-7-12(9-2-1-3-11(15)6-9)16-5-4-10(8-16)13(17)18/h1-3,6,10,12H,4-5,7-8,14-15H2,(H,17,18)/t10-,12+/m0/s1. The van der Waals surface area contributed by atoms with Crippen LogP contribution in [0.2, 0.25) is 0 Å². The second-order valence-electron chi connectivity index (χ2n) is 4.74. The molecule has 0 radical (unpaired) electrons. The molecule has 5 N–H and O–H groups in total. The molecule has 0 aromatic heterocycles. The van der Waals surface area contributed by atoms with Crippen molar-refractivity contribution >= 4 is 11.7 Å². The Labute approximate surface area is 106 Å². The molecule has 0 unspecified atom stereocenters. The molecule has 5 nitrogen and oxygen atoms in total. The van der Waals surface area contributed by atoms with Crippen LogP contribution in [-0.2, 0) is 4.79 Å². The van der Waals surface area contributed by atoms with Gasteiger partial charge in [0.1, 0.15) is 0 Å². The Morgan fingerprint density at radius 3 is 2.89 bits per heavy atom. The minimum Gasteiger partial charge on any atom is -0.481 e. The van der Waals surface area contributed by atoms with Crippen molar-refractivity contribution in [3.05, 3.63) is 29.8 Å². The minimum atomic E-state index is -0.721. The van der Waals surface area contributed by atoms with Gasteiger partial charge in [0, 0.05) is 24.8 Å². The summed E-state index contributed by atoms with van der Waals surface area (Å²) >= 11 is 0. The SMILES string of the molecule is NC[C@H](c1cccc(N)c1)N1CC[C@H](C(=O)O)C1. The number of aliphatic carboxylic acids is 1. The fourth-order valence-corrected chi connectivity index (χ4v) is 2.53. The number of carbonyl (C=O) groups is 1. The molecule has 1 aromatic carbocycles. The number of carboxylic acid groups (broad SMARTS) is 1. The lowest BCUT2D eigenvalue weighted by Gasteiger charge is -2.27. The van der Waals surface area contributed by atoms with E-state index in [1.165, 1.54) is 0 Å². The normalized spacial score (nSPS) is 21.9. The van der Waals surface area contributed by atoms with E-state index in [1.807, 2.05) is 24.3 Å². The molecule has 1 fully saturated rings. The molecule has 0 saturated carbocycles. The van der Waals surface area contributed by atoms with Crippen LogP contribution in [0.1, 0.15) is 18.0 Å². The number of likely N-dealkylation sites (tertiary alicyclic amines) is 1. The number of hydrogen-bond donors (Lipinski definition) is 3. The number of benzene rings is 1. The summed E-state index contributed by atoms with van der Waals surface area (Å²) in [5.41, 5.74) is 13.4. The topological polar surface area (TPSA) is 92.6 Å². The van der Waals surface area contributed by atoms with Crippen molar-refractivity contribution in [2.45, 2.75) is 12.5 Å². The van der Waals surface area contributed by atoms with E-state index in [0.717, 1.165) is 12.1 Å². The quantitative estimate of drug-likeness (QED) is 0.682. The zero-order valence-corrected chi connectivity index (χ0v) is 10.2. The van der Waals surface area contributed by atoms with Crippen LogP contribution in [-0.4, -0.2) is 35.6 Å². The minimum absolute atomic E-state index is 0.0536. The van der Waals surface area contributed by atoms with E-state index >= 15 is 0 Å².